The second-order valence-electron chi connectivity index (χ2n) is 5.32. The van der Waals surface area contributed by atoms with Gasteiger partial charge in [0.15, 0.2) is 5.82 Å². The smallest absolute Gasteiger partial charge is 0.179 e. The Labute approximate surface area is 126 Å². The summed E-state index contributed by atoms with van der Waals surface area (Å²) in [6, 6.07) is 0. The summed E-state index contributed by atoms with van der Waals surface area (Å²) in [6.45, 7) is 9.15. The average Bonchev–Trinajstić information content (AvgIpc) is 2.79. The lowest BCUT2D eigenvalue weighted by molar-refractivity contribution is 0.563. The van der Waals surface area contributed by atoms with Crippen molar-refractivity contribution in [2.45, 2.75) is 39.7 Å². The maximum atomic E-state index is 6.21. The van der Waals surface area contributed by atoms with Gasteiger partial charge in [0, 0.05) is 12.0 Å². The number of aryl methyl sites for hydroxylation is 1. The number of rotatable bonds is 2. The van der Waals surface area contributed by atoms with Crippen molar-refractivity contribution in [3.63, 3.8) is 0 Å². The van der Waals surface area contributed by atoms with E-state index >= 15 is 0 Å². The summed E-state index contributed by atoms with van der Waals surface area (Å²) < 4.78 is 2.75. The Morgan fingerprint density at radius 1 is 1.32 bits per heavy atom. The molecule has 0 saturated carbocycles. The van der Waals surface area contributed by atoms with Crippen LogP contribution in [0, 0.1) is 0 Å². The van der Waals surface area contributed by atoms with E-state index in [0.717, 1.165) is 22.4 Å². The molecule has 4 nitrogen and oxygen atoms in total. The Kier molecular flexibility index (Phi) is 3.97. The van der Waals surface area contributed by atoms with Gasteiger partial charge >= 0.3 is 0 Å². The fourth-order valence-corrected chi connectivity index (χ4v) is 2.73. The zero-order chi connectivity index (χ0) is 14.2. The molecule has 2 aromatic heterocycles. The molecule has 0 amide bonds. The summed E-state index contributed by atoms with van der Waals surface area (Å²) in [6.07, 6.45) is 3.53. The second kappa shape index (κ2) is 5.21. The first-order valence-electron chi connectivity index (χ1n) is 6.08. The molecule has 102 valence electrons. The lowest BCUT2D eigenvalue weighted by Crippen LogP contribution is -2.16. The molecule has 0 bridgehead atoms. The van der Waals surface area contributed by atoms with Crippen LogP contribution in [0.1, 0.15) is 33.4 Å². The third-order valence-corrected chi connectivity index (χ3v) is 4.06. The minimum Gasteiger partial charge on any atom is -0.328 e. The zero-order valence-corrected chi connectivity index (χ0v) is 13.7. The van der Waals surface area contributed by atoms with Gasteiger partial charge in [-0.25, -0.2) is 15.0 Å². The van der Waals surface area contributed by atoms with Crippen molar-refractivity contribution in [3.8, 4) is 11.5 Å². The van der Waals surface area contributed by atoms with E-state index in [1.54, 1.807) is 12.5 Å². The van der Waals surface area contributed by atoms with Crippen molar-refractivity contribution >= 4 is 27.5 Å². The molecular formula is C13H16BrClN4. The normalized spacial score (nSPS) is 11.9. The van der Waals surface area contributed by atoms with Gasteiger partial charge in [-0.3, -0.25) is 0 Å². The molecule has 19 heavy (non-hydrogen) atoms. The van der Waals surface area contributed by atoms with Crippen LogP contribution in [-0.2, 0) is 12.0 Å². The van der Waals surface area contributed by atoms with Gasteiger partial charge in [-0.05, 0) is 22.9 Å². The van der Waals surface area contributed by atoms with Crippen molar-refractivity contribution in [2.75, 3.05) is 0 Å². The molecule has 2 aromatic rings. The molecule has 0 atom stereocenters. The van der Waals surface area contributed by atoms with E-state index in [1.807, 2.05) is 4.57 Å². The lowest BCUT2D eigenvalue weighted by atomic mass is 9.92. The van der Waals surface area contributed by atoms with Crippen molar-refractivity contribution in [3.05, 3.63) is 27.8 Å². The first-order chi connectivity index (χ1) is 8.84. The highest BCUT2D eigenvalue weighted by atomic mass is 79.9. The van der Waals surface area contributed by atoms with E-state index in [0.29, 0.717) is 11.0 Å². The van der Waals surface area contributed by atoms with Gasteiger partial charge in [-0.1, -0.05) is 32.4 Å². The molecule has 0 radical (unpaired) electrons. The minimum absolute atomic E-state index is 0.114. The molecule has 0 aliphatic carbocycles. The summed E-state index contributed by atoms with van der Waals surface area (Å²) in [5, 5.41) is 0.429. The summed E-state index contributed by atoms with van der Waals surface area (Å²) >= 11 is 9.68. The van der Waals surface area contributed by atoms with Crippen LogP contribution in [-0.4, -0.2) is 19.5 Å². The highest BCUT2D eigenvalue weighted by Crippen LogP contribution is 2.33. The first-order valence-corrected chi connectivity index (χ1v) is 7.25. The fourth-order valence-electron chi connectivity index (χ4n) is 1.79. The molecule has 0 N–H and O–H groups in total. The summed E-state index contributed by atoms with van der Waals surface area (Å²) in [4.78, 5) is 13.1. The standard InChI is InChI=1S/C13H16BrClN4/c1-5-19-7-16-6-8(19)12-17-10(13(2,3)4)9(14)11(15)18-12/h6-7H,5H2,1-4H3. The number of imidazole rings is 1. The zero-order valence-electron chi connectivity index (χ0n) is 11.4. The van der Waals surface area contributed by atoms with Crippen molar-refractivity contribution in [1.29, 1.82) is 0 Å². The molecular weight excluding hydrogens is 328 g/mol. The van der Waals surface area contributed by atoms with Crippen LogP contribution in [0.5, 0.6) is 0 Å². The molecule has 0 unspecified atom stereocenters. The fraction of sp³-hybridized carbons (Fsp3) is 0.462. The van der Waals surface area contributed by atoms with Crippen LogP contribution in [0.3, 0.4) is 0 Å². The number of hydrogen-bond acceptors (Lipinski definition) is 3. The summed E-state index contributed by atoms with van der Waals surface area (Å²) in [5.74, 6) is 0.609. The van der Waals surface area contributed by atoms with Gasteiger partial charge in [-0.2, -0.15) is 0 Å². The van der Waals surface area contributed by atoms with E-state index in [2.05, 4.69) is 58.6 Å². The Hall–Kier alpha value is -0.940. The van der Waals surface area contributed by atoms with E-state index in [-0.39, 0.29) is 5.41 Å². The van der Waals surface area contributed by atoms with Gasteiger partial charge < -0.3 is 4.57 Å². The number of nitrogens with zero attached hydrogens (tertiary/aromatic N) is 4. The molecule has 0 aliphatic rings. The molecule has 6 heteroatoms. The predicted molar refractivity (Wildman–Crippen MR) is 80.3 cm³/mol. The van der Waals surface area contributed by atoms with E-state index in [9.17, 15) is 0 Å². The third kappa shape index (κ3) is 2.82. The van der Waals surface area contributed by atoms with Gasteiger partial charge in [0.25, 0.3) is 0 Å². The number of aromatic nitrogens is 4. The van der Waals surface area contributed by atoms with Crippen LogP contribution in [0.4, 0.5) is 0 Å². The first kappa shape index (κ1) is 14.5. The van der Waals surface area contributed by atoms with Gasteiger partial charge in [0.2, 0.25) is 0 Å². The molecule has 0 spiro atoms. The van der Waals surface area contributed by atoms with Gasteiger partial charge in [-0.15, -0.1) is 0 Å². The Balaban J connectivity index is 2.64. The maximum absolute atomic E-state index is 6.21. The molecule has 0 aliphatic heterocycles. The highest BCUT2D eigenvalue weighted by molar-refractivity contribution is 9.10. The molecule has 0 aromatic carbocycles. The van der Waals surface area contributed by atoms with Crippen molar-refractivity contribution in [1.82, 2.24) is 19.5 Å². The largest absolute Gasteiger partial charge is 0.328 e. The van der Waals surface area contributed by atoms with Crippen LogP contribution < -0.4 is 0 Å². The minimum atomic E-state index is -0.114. The Morgan fingerprint density at radius 3 is 2.58 bits per heavy atom. The van der Waals surface area contributed by atoms with E-state index in [4.69, 9.17) is 11.6 Å². The van der Waals surface area contributed by atoms with Crippen LogP contribution >= 0.6 is 27.5 Å². The Bertz CT molecular complexity index is 601. The SMILES string of the molecule is CCn1cncc1-c1nc(Cl)c(Br)c(C(C)(C)C)n1. The van der Waals surface area contributed by atoms with Crippen LogP contribution in [0.2, 0.25) is 5.15 Å². The molecule has 0 saturated heterocycles. The molecule has 2 heterocycles. The number of halogens is 2. The summed E-state index contributed by atoms with van der Waals surface area (Å²) in [7, 11) is 0. The van der Waals surface area contributed by atoms with Crippen molar-refractivity contribution < 1.29 is 0 Å². The highest BCUT2D eigenvalue weighted by Gasteiger charge is 2.23. The topological polar surface area (TPSA) is 43.6 Å². The van der Waals surface area contributed by atoms with Crippen LogP contribution in [0.15, 0.2) is 17.0 Å². The van der Waals surface area contributed by atoms with E-state index < -0.39 is 0 Å². The molecule has 0 fully saturated rings. The predicted octanol–water partition coefficient (Wildman–Crippen LogP) is 4.07. The summed E-state index contributed by atoms with van der Waals surface area (Å²) in [5.41, 5.74) is 1.66. The monoisotopic (exact) mass is 342 g/mol. The molecule has 2 rings (SSSR count). The lowest BCUT2D eigenvalue weighted by Gasteiger charge is -2.20. The Morgan fingerprint density at radius 2 is 2.00 bits per heavy atom. The van der Waals surface area contributed by atoms with E-state index in [1.165, 1.54) is 0 Å². The quantitative estimate of drug-likeness (QED) is 0.772. The third-order valence-electron chi connectivity index (χ3n) is 2.80. The van der Waals surface area contributed by atoms with Gasteiger partial charge in [0.05, 0.1) is 22.7 Å². The van der Waals surface area contributed by atoms with Gasteiger partial charge in [0.1, 0.15) is 10.8 Å². The van der Waals surface area contributed by atoms with Crippen LogP contribution in [0.25, 0.3) is 11.5 Å². The van der Waals surface area contributed by atoms with Crippen molar-refractivity contribution in [2.24, 2.45) is 0 Å². The average molecular weight is 344 g/mol. The second-order valence-corrected chi connectivity index (χ2v) is 6.47. The number of hydrogen-bond donors (Lipinski definition) is 0. The maximum Gasteiger partial charge on any atom is 0.179 e.